The Hall–Kier alpha value is -2.22. The maximum Gasteiger partial charge on any atom is 0.159 e. The van der Waals surface area contributed by atoms with Crippen molar-refractivity contribution in [1.29, 1.82) is 0 Å². The number of nitrogens with zero attached hydrogens (tertiary/aromatic N) is 1. The molecule has 2 fully saturated rings. The number of rotatable bonds is 5. The van der Waals surface area contributed by atoms with Crippen LogP contribution in [0.2, 0.25) is 0 Å². The Labute approximate surface area is 169 Å². The molecule has 3 unspecified atom stereocenters. The Kier molecular flexibility index (Phi) is 5.99. The van der Waals surface area contributed by atoms with Gasteiger partial charge in [-0.25, -0.2) is 8.78 Å². The van der Waals surface area contributed by atoms with Crippen LogP contribution in [-0.2, 0) is 6.54 Å². The van der Waals surface area contributed by atoms with Gasteiger partial charge in [-0.15, -0.1) is 0 Å². The van der Waals surface area contributed by atoms with E-state index in [1.165, 1.54) is 12.1 Å². The Morgan fingerprint density at radius 3 is 2.86 bits per heavy atom. The minimum absolute atomic E-state index is 0.0784. The van der Waals surface area contributed by atoms with Gasteiger partial charge in [0, 0.05) is 37.2 Å². The number of halogens is 2. The molecule has 2 aliphatic heterocycles. The second-order valence-electron chi connectivity index (χ2n) is 7.93. The highest BCUT2D eigenvalue weighted by Crippen LogP contribution is 2.34. The molecule has 0 saturated carbocycles. The molecule has 5 nitrogen and oxygen atoms in total. The zero-order valence-electron chi connectivity index (χ0n) is 16.5. The van der Waals surface area contributed by atoms with Crippen molar-refractivity contribution >= 4 is 0 Å². The van der Waals surface area contributed by atoms with E-state index in [0.29, 0.717) is 24.8 Å². The molecule has 7 heteroatoms. The summed E-state index contributed by atoms with van der Waals surface area (Å²) >= 11 is 0. The number of piperidine rings is 1. The first-order valence-electron chi connectivity index (χ1n) is 10.1. The molecule has 2 saturated heterocycles. The molecule has 4 rings (SSSR count). The molecule has 0 aliphatic carbocycles. The van der Waals surface area contributed by atoms with Gasteiger partial charge < -0.3 is 9.84 Å². The highest BCUT2D eigenvalue weighted by atomic mass is 19.2. The number of methoxy groups -OCH3 is 1. The molecule has 2 heterocycles. The summed E-state index contributed by atoms with van der Waals surface area (Å²) in [6, 6.07) is 9.65. The Bertz CT molecular complexity index is 864. The Balaban J connectivity index is 1.48. The fourth-order valence-corrected chi connectivity index (χ4v) is 4.68. The van der Waals surface area contributed by atoms with Crippen molar-refractivity contribution in [2.75, 3.05) is 26.7 Å². The minimum atomic E-state index is -0.815. The highest BCUT2D eigenvalue weighted by Gasteiger charge is 2.37. The fourth-order valence-electron chi connectivity index (χ4n) is 4.68. The van der Waals surface area contributed by atoms with Crippen molar-refractivity contribution in [3.05, 3.63) is 59.2 Å². The summed E-state index contributed by atoms with van der Waals surface area (Å²) in [6.45, 7) is 3.10. The van der Waals surface area contributed by atoms with Crippen molar-refractivity contribution < 1.29 is 18.6 Å². The third-order valence-corrected chi connectivity index (χ3v) is 6.16. The number of hydrogen-bond acceptors (Lipinski definition) is 5. The van der Waals surface area contributed by atoms with E-state index in [1.807, 2.05) is 6.07 Å². The lowest BCUT2D eigenvalue weighted by Crippen LogP contribution is -2.46. The zero-order valence-corrected chi connectivity index (χ0v) is 16.5. The maximum atomic E-state index is 13.8. The lowest BCUT2D eigenvalue weighted by molar-refractivity contribution is 0.137. The number of aromatic hydroxyl groups is 1. The largest absolute Gasteiger partial charge is 0.507 e. The standard InChI is InChI=1S/C22H27F2N3O2/c1-29-21-6-2-5-20(28)17(21)13-27-9-3-4-15(12-27)22-16(11-25-26-22)14-7-8-18(23)19(24)10-14/h2,5-8,10,15-16,22,25-26,28H,3-4,9,11-13H2,1H3. The summed E-state index contributed by atoms with van der Waals surface area (Å²) in [5.41, 5.74) is 8.17. The molecular weight excluding hydrogens is 376 g/mol. The molecule has 29 heavy (non-hydrogen) atoms. The molecular formula is C22H27F2N3O2. The van der Waals surface area contributed by atoms with E-state index in [0.717, 1.165) is 37.1 Å². The second kappa shape index (κ2) is 8.65. The van der Waals surface area contributed by atoms with Crippen LogP contribution in [-0.4, -0.2) is 42.8 Å². The molecule has 2 aliphatic rings. The van der Waals surface area contributed by atoms with Crippen LogP contribution < -0.4 is 15.6 Å². The van der Waals surface area contributed by atoms with Gasteiger partial charge in [0.05, 0.1) is 7.11 Å². The molecule has 0 spiro atoms. The molecule has 0 aromatic heterocycles. The molecule has 0 radical (unpaired) electrons. The molecule has 2 aromatic rings. The Morgan fingerprint density at radius 2 is 2.07 bits per heavy atom. The van der Waals surface area contributed by atoms with Crippen LogP contribution in [0.15, 0.2) is 36.4 Å². The van der Waals surface area contributed by atoms with E-state index in [1.54, 1.807) is 25.3 Å². The first-order chi connectivity index (χ1) is 14.1. The van der Waals surface area contributed by atoms with Crippen LogP contribution in [0.25, 0.3) is 0 Å². The first-order valence-corrected chi connectivity index (χ1v) is 10.1. The number of phenolic OH excluding ortho intramolecular Hbond substituents is 1. The van der Waals surface area contributed by atoms with Crippen LogP contribution in [0.4, 0.5) is 8.78 Å². The van der Waals surface area contributed by atoms with Gasteiger partial charge in [-0.3, -0.25) is 15.8 Å². The van der Waals surface area contributed by atoms with E-state index in [4.69, 9.17) is 4.74 Å². The van der Waals surface area contributed by atoms with Gasteiger partial charge in [-0.1, -0.05) is 12.1 Å². The van der Waals surface area contributed by atoms with E-state index >= 15 is 0 Å². The third kappa shape index (κ3) is 4.22. The number of likely N-dealkylation sites (tertiary alicyclic amines) is 1. The van der Waals surface area contributed by atoms with Gasteiger partial charge in [0.25, 0.3) is 0 Å². The summed E-state index contributed by atoms with van der Waals surface area (Å²) in [4.78, 5) is 2.33. The lowest BCUT2D eigenvalue weighted by atomic mass is 9.81. The molecule has 3 N–H and O–H groups in total. The normalized spacial score (nSPS) is 25.3. The molecule has 2 aromatic carbocycles. The minimum Gasteiger partial charge on any atom is -0.507 e. The highest BCUT2D eigenvalue weighted by molar-refractivity contribution is 5.43. The van der Waals surface area contributed by atoms with E-state index in [9.17, 15) is 13.9 Å². The van der Waals surface area contributed by atoms with E-state index in [-0.39, 0.29) is 17.7 Å². The van der Waals surface area contributed by atoms with Crippen molar-refractivity contribution in [1.82, 2.24) is 15.8 Å². The van der Waals surface area contributed by atoms with Gasteiger partial charge in [0.2, 0.25) is 0 Å². The van der Waals surface area contributed by atoms with Crippen molar-refractivity contribution in [3.8, 4) is 11.5 Å². The number of benzene rings is 2. The zero-order chi connectivity index (χ0) is 20.4. The van der Waals surface area contributed by atoms with Gasteiger partial charge in [0.15, 0.2) is 11.6 Å². The lowest BCUT2D eigenvalue weighted by Gasteiger charge is -2.37. The summed E-state index contributed by atoms with van der Waals surface area (Å²) in [5.74, 6) is -0.252. The van der Waals surface area contributed by atoms with Crippen LogP contribution in [0.1, 0.15) is 29.9 Å². The SMILES string of the molecule is COc1cccc(O)c1CN1CCCC(C2NNCC2c2ccc(F)c(F)c2)C1. The maximum absolute atomic E-state index is 13.8. The van der Waals surface area contributed by atoms with Gasteiger partial charge in [-0.2, -0.15) is 0 Å². The predicted octanol–water partition coefficient (Wildman–Crippen LogP) is 3.15. The van der Waals surface area contributed by atoms with Crippen molar-refractivity contribution in [2.45, 2.75) is 31.3 Å². The van der Waals surface area contributed by atoms with E-state index < -0.39 is 11.6 Å². The quantitative estimate of drug-likeness (QED) is 0.716. The van der Waals surface area contributed by atoms with Gasteiger partial charge >= 0.3 is 0 Å². The average molecular weight is 403 g/mol. The first kappa shape index (κ1) is 20.1. The Morgan fingerprint density at radius 1 is 1.21 bits per heavy atom. The summed E-state index contributed by atoms with van der Waals surface area (Å²) in [7, 11) is 1.61. The number of phenols is 1. The summed E-state index contributed by atoms with van der Waals surface area (Å²) in [6.07, 6.45) is 2.11. The van der Waals surface area contributed by atoms with Crippen LogP contribution >= 0.6 is 0 Å². The molecule has 0 bridgehead atoms. The number of nitrogens with one attached hydrogen (secondary N) is 2. The number of hydrogen-bond donors (Lipinski definition) is 3. The van der Waals surface area contributed by atoms with Crippen LogP contribution in [0, 0.1) is 17.6 Å². The summed E-state index contributed by atoms with van der Waals surface area (Å²) in [5, 5.41) is 10.3. The van der Waals surface area contributed by atoms with Crippen molar-refractivity contribution in [3.63, 3.8) is 0 Å². The average Bonchev–Trinajstić information content (AvgIpc) is 3.22. The van der Waals surface area contributed by atoms with Gasteiger partial charge in [-0.05, 0) is 55.1 Å². The second-order valence-corrected chi connectivity index (χ2v) is 7.93. The van der Waals surface area contributed by atoms with Crippen LogP contribution in [0.3, 0.4) is 0 Å². The topological polar surface area (TPSA) is 56.8 Å². The fraction of sp³-hybridized carbons (Fsp3) is 0.455. The summed E-state index contributed by atoms with van der Waals surface area (Å²) < 4.78 is 32.5. The number of hydrazine groups is 1. The third-order valence-electron chi connectivity index (χ3n) is 6.16. The van der Waals surface area contributed by atoms with Crippen LogP contribution in [0.5, 0.6) is 11.5 Å². The van der Waals surface area contributed by atoms with Crippen molar-refractivity contribution in [2.24, 2.45) is 5.92 Å². The molecule has 3 atom stereocenters. The molecule has 156 valence electrons. The smallest absolute Gasteiger partial charge is 0.159 e. The monoisotopic (exact) mass is 403 g/mol. The number of ether oxygens (including phenoxy) is 1. The molecule has 0 amide bonds. The van der Waals surface area contributed by atoms with E-state index in [2.05, 4.69) is 15.8 Å². The van der Waals surface area contributed by atoms with Gasteiger partial charge in [0.1, 0.15) is 11.5 Å². The predicted molar refractivity (Wildman–Crippen MR) is 107 cm³/mol.